The van der Waals surface area contributed by atoms with E-state index in [1.54, 1.807) is 12.1 Å². The summed E-state index contributed by atoms with van der Waals surface area (Å²) in [6.07, 6.45) is 6.30. The fourth-order valence-electron chi connectivity index (χ4n) is 2.67. The van der Waals surface area contributed by atoms with Crippen LogP contribution in [0, 0.1) is 0 Å². The van der Waals surface area contributed by atoms with Crippen LogP contribution in [-0.2, 0) is 0 Å². The van der Waals surface area contributed by atoms with Crippen molar-refractivity contribution in [2.24, 2.45) is 0 Å². The Morgan fingerprint density at radius 2 is 1.67 bits per heavy atom. The minimum absolute atomic E-state index is 0.129. The summed E-state index contributed by atoms with van der Waals surface area (Å²) in [5.74, 6) is 0.762. The molecule has 128 valence electrons. The predicted molar refractivity (Wildman–Crippen MR) is 96.7 cm³/mol. The normalized spacial score (nSPS) is 11.9. The van der Waals surface area contributed by atoms with Gasteiger partial charge in [0, 0.05) is 0 Å². The lowest BCUT2D eigenvalue weighted by Gasteiger charge is -2.12. The van der Waals surface area contributed by atoms with Crippen LogP contribution in [0.3, 0.4) is 0 Å². The number of esters is 1. The van der Waals surface area contributed by atoms with Gasteiger partial charge in [-0.05, 0) is 54.3 Å². The fourth-order valence-corrected chi connectivity index (χ4v) is 2.67. The summed E-state index contributed by atoms with van der Waals surface area (Å²) in [5, 5.41) is 9.25. The van der Waals surface area contributed by atoms with E-state index in [2.05, 4.69) is 13.8 Å². The van der Waals surface area contributed by atoms with E-state index in [1.807, 2.05) is 24.3 Å². The number of carbonyl (C=O) groups excluding carboxylic acids is 1. The van der Waals surface area contributed by atoms with Gasteiger partial charge < -0.3 is 9.84 Å². The number of phenols is 1. The second-order valence-electron chi connectivity index (χ2n) is 6.26. The van der Waals surface area contributed by atoms with Gasteiger partial charge in [0.25, 0.3) is 0 Å². The van der Waals surface area contributed by atoms with Gasteiger partial charge in [-0.3, -0.25) is 0 Å². The quantitative estimate of drug-likeness (QED) is 0.385. The molecule has 0 saturated carbocycles. The van der Waals surface area contributed by atoms with Gasteiger partial charge in [0.2, 0.25) is 0 Å². The summed E-state index contributed by atoms with van der Waals surface area (Å²) < 4.78 is 5.37. The van der Waals surface area contributed by atoms with E-state index in [0.29, 0.717) is 17.2 Å². The molecular weight excluding hydrogens is 300 g/mol. The number of rotatable bonds is 8. The lowest BCUT2D eigenvalue weighted by Crippen LogP contribution is -2.08. The zero-order chi connectivity index (χ0) is 17.4. The minimum Gasteiger partial charge on any atom is -0.508 e. The van der Waals surface area contributed by atoms with Crippen molar-refractivity contribution >= 4 is 5.97 Å². The van der Waals surface area contributed by atoms with Crippen LogP contribution in [0.2, 0.25) is 0 Å². The van der Waals surface area contributed by atoms with E-state index in [9.17, 15) is 9.90 Å². The zero-order valence-corrected chi connectivity index (χ0v) is 14.5. The first-order valence-electron chi connectivity index (χ1n) is 8.71. The second-order valence-corrected chi connectivity index (χ2v) is 6.26. The third-order valence-corrected chi connectivity index (χ3v) is 4.25. The lowest BCUT2D eigenvalue weighted by molar-refractivity contribution is 0.0734. The number of phenolic OH excluding ortho intramolecular Hbond substituents is 1. The molecule has 0 radical (unpaired) electrons. The molecule has 3 nitrogen and oxygen atoms in total. The average molecular weight is 326 g/mol. The van der Waals surface area contributed by atoms with Crippen molar-refractivity contribution in [3.05, 3.63) is 59.7 Å². The molecule has 2 aromatic carbocycles. The van der Waals surface area contributed by atoms with Crippen molar-refractivity contribution in [1.82, 2.24) is 0 Å². The smallest absolute Gasteiger partial charge is 0.343 e. The lowest BCUT2D eigenvalue weighted by atomic mass is 9.95. The van der Waals surface area contributed by atoms with Crippen LogP contribution in [0.1, 0.15) is 67.8 Å². The number of benzene rings is 2. The molecule has 0 aliphatic carbocycles. The van der Waals surface area contributed by atoms with Crippen molar-refractivity contribution in [3.8, 4) is 11.5 Å². The van der Waals surface area contributed by atoms with Crippen LogP contribution in [-0.4, -0.2) is 11.1 Å². The zero-order valence-electron chi connectivity index (χ0n) is 14.5. The molecule has 0 fully saturated rings. The number of hydrogen-bond donors (Lipinski definition) is 1. The van der Waals surface area contributed by atoms with Gasteiger partial charge in [0.05, 0.1) is 5.56 Å². The van der Waals surface area contributed by atoms with Gasteiger partial charge in [-0.2, -0.15) is 0 Å². The number of aromatic hydroxyl groups is 1. The Morgan fingerprint density at radius 3 is 2.29 bits per heavy atom. The minimum atomic E-state index is -0.421. The van der Waals surface area contributed by atoms with Gasteiger partial charge in [-0.1, -0.05) is 51.7 Å². The summed E-state index contributed by atoms with van der Waals surface area (Å²) in [5.41, 5.74) is 1.69. The second kappa shape index (κ2) is 9.11. The highest BCUT2D eigenvalue weighted by molar-refractivity contribution is 5.91. The van der Waals surface area contributed by atoms with Gasteiger partial charge in [0.1, 0.15) is 11.5 Å². The fraction of sp³-hybridized carbons (Fsp3) is 0.381. The molecule has 2 aromatic rings. The van der Waals surface area contributed by atoms with E-state index >= 15 is 0 Å². The Bertz CT molecular complexity index is 629. The first kappa shape index (κ1) is 18.1. The summed E-state index contributed by atoms with van der Waals surface area (Å²) >= 11 is 0. The molecule has 0 heterocycles. The Kier molecular flexibility index (Phi) is 6.86. The molecule has 1 N–H and O–H groups in total. The van der Waals surface area contributed by atoms with Crippen molar-refractivity contribution in [2.45, 2.75) is 51.9 Å². The molecule has 0 spiro atoms. The molecule has 24 heavy (non-hydrogen) atoms. The number of hydrogen-bond acceptors (Lipinski definition) is 3. The van der Waals surface area contributed by atoms with Gasteiger partial charge in [-0.25, -0.2) is 4.79 Å². The number of carbonyl (C=O) groups is 1. The van der Waals surface area contributed by atoms with Crippen molar-refractivity contribution in [3.63, 3.8) is 0 Å². The molecule has 0 bridgehead atoms. The van der Waals surface area contributed by atoms with E-state index in [1.165, 1.54) is 49.8 Å². The summed E-state index contributed by atoms with van der Waals surface area (Å²) in [6, 6.07) is 13.8. The molecule has 0 amide bonds. The Labute approximate surface area is 144 Å². The van der Waals surface area contributed by atoms with Crippen molar-refractivity contribution < 1.29 is 14.6 Å². The maximum absolute atomic E-state index is 12.0. The first-order chi connectivity index (χ1) is 11.6. The molecule has 0 saturated heterocycles. The molecule has 2 rings (SSSR count). The third kappa shape index (κ3) is 5.41. The van der Waals surface area contributed by atoms with Crippen molar-refractivity contribution in [1.29, 1.82) is 0 Å². The Morgan fingerprint density at radius 1 is 1.00 bits per heavy atom. The highest BCUT2D eigenvalue weighted by Gasteiger charge is 2.10. The molecule has 0 aliphatic rings. The van der Waals surface area contributed by atoms with Crippen LogP contribution in [0.5, 0.6) is 11.5 Å². The maximum atomic E-state index is 12.0. The molecule has 3 heteroatoms. The first-order valence-corrected chi connectivity index (χ1v) is 8.71. The Balaban J connectivity index is 1.89. The molecule has 0 aromatic heterocycles. The largest absolute Gasteiger partial charge is 0.508 e. The van der Waals surface area contributed by atoms with E-state index in [4.69, 9.17) is 4.74 Å². The van der Waals surface area contributed by atoms with Crippen LogP contribution < -0.4 is 4.74 Å². The SMILES string of the molecule is CCCCCCC(C)c1ccc(OC(=O)c2ccc(O)cc2)cc1. The molecular formula is C21H26O3. The third-order valence-electron chi connectivity index (χ3n) is 4.25. The van der Waals surface area contributed by atoms with E-state index < -0.39 is 5.97 Å². The topological polar surface area (TPSA) is 46.5 Å². The van der Waals surface area contributed by atoms with E-state index in [0.717, 1.165) is 0 Å². The van der Waals surface area contributed by atoms with Crippen LogP contribution in [0.15, 0.2) is 48.5 Å². The van der Waals surface area contributed by atoms with Gasteiger partial charge in [0.15, 0.2) is 0 Å². The summed E-state index contributed by atoms with van der Waals surface area (Å²) in [6.45, 7) is 4.46. The number of unbranched alkanes of at least 4 members (excludes halogenated alkanes) is 3. The molecule has 0 aliphatic heterocycles. The molecule has 1 unspecified atom stereocenters. The predicted octanol–water partition coefficient (Wildman–Crippen LogP) is 5.69. The molecule has 1 atom stereocenters. The van der Waals surface area contributed by atoms with Crippen LogP contribution in [0.25, 0.3) is 0 Å². The monoisotopic (exact) mass is 326 g/mol. The van der Waals surface area contributed by atoms with Gasteiger partial charge >= 0.3 is 5.97 Å². The highest BCUT2D eigenvalue weighted by atomic mass is 16.5. The number of ether oxygens (including phenoxy) is 1. The van der Waals surface area contributed by atoms with Crippen LogP contribution in [0.4, 0.5) is 0 Å². The van der Waals surface area contributed by atoms with E-state index in [-0.39, 0.29) is 5.75 Å². The van der Waals surface area contributed by atoms with Gasteiger partial charge in [-0.15, -0.1) is 0 Å². The Hall–Kier alpha value is -2.29. The summed E-state index contributed by atoms with van der Waals surface area (Å²) in [7, 11) is 0. The van der Waals surface area contributed by atoms with Crippen LogP contribution >= 0.6 is 0 Å². The van der Waals surface area contributed by atoms with Crippen molar-refractivity contribution in [2.75, 3.05) is 0 Å². The average Bonchev–Trinajstić information content (AvgIpc) is 2.59. The summed E-state index contributed by atoms with van der Waals surface area (Å²) in [4.78, 5) is 12.0. The standard InChI is InChI=1S/C21H26O3/c1-3-4-5-6-7-16(2)17-10-14-20(15-11-17)24-21(23)18-8-12-19(22)13-9-18/h8-16,22H,3-7H2,1-2H3. The highest BCUT2D eigenvalue weighted by Crippen LogP contribution is 2.24. The maximum Gasteiger partial charge on any atom is 0.343 e.